The molecule has 0 bridgehead atoms. The molecule has 0 atom stereocenters. The molecular formula is C13H11FN2OS. The Morgan fingerprint density at radius 1 is 1.11 bits per heavy atom. The van der Waals surface area contributed by atoms with Gasteiger partial charge < -0.3 is 10.9 Å². The molecule has 18 heavy (non-hydrogen) atoms. The van der Waals surface area contributed by atoms with E-state index in [4.69, 9.17) is 10.9 Å². The van der Waals surface area contributed by atoms with E-state index in [-0.39, 0.29) is 11.7 Å². The van der Waals surface area contributed by atoms with Crippen LogP contribution in [0.4, 0.5) is 4.39 Å². The summed E-state index contributed by atoms with van der Waals surface area (Å²) >= 11 is 1.45. The van der Waals surface area contributed by atoms with E-state index in [1.54, 1.807) is 18.2 Å². The SMILES string of the molecule is NC(=NO)c1ccc(Sc2cccc(F)c2)cc1. The molecule has 0 aliphatic carbocycles. The predicted molar refractivity (Wildman–Crippen MR) is 69.5 cm³/mol. The van der Waals surface area contributed by atoms with Crippen molar-refractivity contribution in [1.29, 1.82) is 0 Å². The summed E-state index contributed by atoms with van der Waals surface area (Å²) in [5, 5.41) is 11.5. The van der Waals surface area contributed by atoms with Crippen LogP contribution in [0.25, 0.3) is 0 Å². The molecule has 0 saturated carbocycles. The lowest BCUT2D eigenvalue weighted by atomic mass is 10.2. The summed E-state index contributed by atoms with van der Waals surface area (Å²) in [5.74, 6) is -0.189. The Morgan fingerprint density at radius 2 is 1.83 bits per heavy atom. The number of oxime groups is 1. The number of nitrogens with zero attached hydrogens (tertiary/aromatic N) is 1. The first-order chi connectivity index (χ1) is 8.69. The fourth-order valence-electron chi connectivity index (χ4n) is 1.42. The van der Waals surface area contributed by atoms with Crippen LogP contribution in [0.2, 0.25) is 0 Å². The predicted octanol–water partition coefficient (Wildman–Crippen LogP) is 3.07. The first-order valence-corrected chi connectivity index (χ1v) is 6.02. The van der Waals surface area contributed by atoms with E-state index in [2.05, 4.69) is 5.16 Å². The summed E-state index contributed by atoms with van der Waals surface area (Å²) in [6.07, 6.45) is 0. The molecule has 5 heteroatoms. The van der Waals surface area contributed by atoms with Gasteiger partial charge in [0.05, 0.1) is 0 Å². The van der Waals surface area contributed by atoms with Crippen LogP contribution in [-0.4, -0.2) is 11.0 Å². The van der Waals surface area contributed by atoms with Crippen LogP contribution < -0.4 is 5.73 Å². The van der Waals surface area contributed by atoms with E-state index in [1.165, 1.54) is 23.9 Å². The quantitative estimate of drug-likeness (QED) is 0.387. The van der Waals surface area contributed by atoms with E-state index in [1.807, 2.05) is 18.2 Å². The zero-order valence-corrected chi connectivity index (χ0v) is 10.2. The topological polar surface area (TPSA) is 58.6 Å². The summed E-state index contributed by atoms with van der Waals surface area (Å²) in [4.78, 5) is 1.78. The molecule has 0 radical (unpaired) electrons. The van der Waals surface area contributed by atoms with Crippen LogP contribution in [0.3, 0.4) is 0 Å². The van der Waals surface area contributed by atoms with Gasteiger partial charge in [0.2, 0.25) is 0 Å². The Hall–Kier alpha value is -2.01. The number of benzene rings is 2. The molecule has 2 aromatic rings. The van der Waals surface area contributed by atoms with Crippen molar-refractivity contribution >= 4 is 17.6 Å². The Labute approximate surface area is 108 Å². The number of amidine groups is 1. The maximum atomic E-state index is 13.0. The van der Waals surface area contributed by atoms with Crippen molar-refractivity contribution in [2.45, 2.75) is 9.79 Å². The molecule has 0 heterocycles. The van der Waals surface area contributed by atoms with E-state index >= 15 is 0 Å². The Balaban J connectivity index is 2.16. The number of hydrogen-bond donors (Lipinski definition) is 2. The van der Waals surface area contributed by atoms with Crippen molar-refractivity contribution in [1.82, 2.24) is 0 Å². The lowest BCUT2D eigenvalue weighted by Crippen LogP contribution is -2.12. The highest BCUT2D eigenvalue weighted by Gasteiger charge is 2.01. The number of rotatable bonds is 3. The Bertz CT molecular complexity index is 569. The smallest absolute Gasteiger partial charge is 0.170 e. The second-order valence-corrected chi connectivity index (χ2v) is 4.72. The molecule has 3 N–H and O–H groups in total. The molecular weight excluding hydrogens is 251 g/mol. The number of halogens is 1. The molecule has 0 unspecified atom stereocenters. The van der Waals surface area contributed by atoms with Gasteiger partial charge in [0.25, 0.3) is 0 Å². The van der Waals surface area contributed by atoms with Gasteiger partial charge in [-0.1, -0.05) is 35.1 Å². The first kappa shape index (κ1) is 12.4. The monoisotopic (exact) mass is 262 g/mol. The summed E-state index contributed by atoms with van der Waals surface area (Å²) < 4.78 is 13.0. The zero-order chi connectivity index (χ0) is 13.0. The lowest BCUT2D eigenvalue weighted by molar-refractivity contribution is 0.318. The summed E-state index contributed by atoms with van der Waals surface area (Å²) in [6.45, 7) is 0. The normalized spacial score (nSPS) is 11.5. The van der Waals surface area contributed by atoms with Crippen molar-refractivity contribution < 1.29 is 9.60 Å². The molecule has 2 aromatic carbocycles. The van der Waals surface area contributed by atoms with Crippen molar-refractivity contribution in [2.75, 3.05) is 0 Å². The molecule has 0 saturated heterocycles. The minimum absolute atomic E-state index is 0.0669. The number of hydrogen-bond acceptors (Lipinski definition) is 3. The third-order valence-electron chi connectivity index (χ3n) is 2.29. The molecule has 0 aromatic heterocycles. The highest BCUT2D eigenvalue weighted by molar-refractivity contribution is 7.99. The average Bonchev–Trinajstić information content (AvgIpc) is 2.39. The van der Waals surface area contributed by atoms with Gasteiger partial charge in [0, 0.05) is 15.4 Å². The molecule has 3 nitrogen and oxygen atoms in total. The van der Waals surface area contributed by atoms with Crippen LogP contribution in [0.15, 0.2) is 63.5 Å². The third kappa shape index (κ3) is 3.01. The van der Waals surface area contributed by atoms with Crippen LogP contribution in [-0.2, 0) is 0 Å². The minimum Gasteiger partial charge on any atom is -0.409 e. The van der Waals surface area contributed by atoms with Crippen molar-refractivity contribution in [2.24, 2.45) is 10.9 Å². The van der Waals surface area contributed by atoms with E-state index in [9.17, 15) is 4.39 Å². The van der Waals surface area contributed by atoms with Crippen molar-refractivity contribution in [3.63, 3.8) is 0 Å². The first-order valence-electron chi connectivity index (χ1n) is 5.20. The van der Waals surface area contributed by atoms with Crippen LogP contribution >= 0.6 is 11.8 Å². The fraction of sp³-hybridized carbons (Fsp3) is 0. The van der Waals surface area contributed by atoms with Crippen molar-refractivity contribution in [3.05, 3.63) is 59.9 Å². The highest BCUT2D eigenvalue weighted by atomic mass is 32.2. The molecule has 0 fully saturated rings. The molecule has 0 spiro atoms. The van der Waals surface area contributed by atoms with Crippen LogP contribution in [0.5, 0.6) is 0 Å². The lowest BCUT2D eigenvalue weighted by Gasteiger charge is -2.03. The van der Waals surface area contributed by atoms with E-state index in [0.717, 1.165) is 9.79 Å². The summed E-state index contributed by atoms with van der Waals surface area (Å²) in [7, 11) is 0. The molecule has 0 aliphatic heterocycles. The summed E-state index contributed by atoms with van der Waals surface area (Å²) in [5.41, 5.74) is 6.10. The summed E-state index contributed by atoms with van der Waals surface area (Å²) in [6, 6.07) is 13.6. The minimum atomic E-state index is -0.256. The van der Waals surface area contributed by atoms with Crippen LogP contribution in [0.1, 0.15) is 5.56 Å². The van der Waals surface area contributed by atoms with Gasteiger partial charge in [-0.05, 0) is 30.3 Å². The maximum Gasteiger partial charge on any atom is 0.170 e. The standard InChI is InChI=1S/C13H11FN2OS/c14-10-2-1-3-12(8-10)18-11-6-4-9(5-7-11)13(15)16-17/h1-8,17H,(H2,15,16). The van der Waals surface area contributed by atoms with Gasteiger partial charge in [-0.15, -0.1) is 0 Å². The number of nitrogens with two attached hydrogens (primary N) is 1. The largest absolute Gasteiger partial charge is 0.409 e. The Morgan fingerprint density at radius 3 is 2.44 bits per heavy atom. The second-order valence-electron chi connectivity index (χ2n) is 3.57. The molecule has 2 rings (SSSR count). The zero-order valence-electron chi connectivity index (χ0n) is 9.38. The van der Waals surface area contributed by atoms with Gasteiger partial charge in [-0.2, -0.15) is 0 Å². The molecule has 0 amide bonds. The molecule has 0 aliphatic rings. The third-order valence-corrected chi connectivity index (χ3v) is 3.29. The highest BCUT2D eigenvalue weighted by Crippen LogP contribution is 2.27. The second kappa shape index (κ2) is 5.55. The van der Waals surface area contributed by atoms with Gasteiger partial charge in [0.15, 0.2) is 5.84 Å². The van der Waals surface area contributed by atoms with Crippen molar-refractivity contribution in [3.8, 4) is 0 Å². The van der Waals surface area contributed by atoms with E-state index in [0.29, 0.717) is 5.56 Å². The Kier molecular flexibility index (Phi) is 3.84. The maximum absolute atomic E-state index is 13.0. The van der Waals surface area contributed by atoms with Gasteiger partial charge in [-0.3, -0.25) is 0 Å². The van der Waals surface area contributed by atoms with Crippen LogP contribution in [0, 0.1) is 5.82 Å². The van der Waals surface area contributed by atoms with Gasteiger partial charge in [-0.25, -0.2) is 4.39 Å². The molecule has 92 valence electrons. The average molecular weight is 262 g/mol. The fourth-order valence-corrected chi connectivity index (χ4v) is 2.28. The van der Waals surface area contributed by atoms with E-state index < -0.39 is 0 Å². The van der Waals surface area contributed by atoms with Gasteiger partial charge >= 0.3 is 0 Å². The van der Waals surface area contributed by atoms with Gasteiger partial charge in [0.1, 0.15) is 5.82 Å².